The summed E-state index contributed by atoms with van der Waals surface area (Å²) >= 11 is 1.40. The van der Waals surface area contributed by atoms with Crippen LogP contribution in [0.25, 0.3) is 0 Å². The summed E-state index contributed by atoms with van der Waals surface area (Å²) in [6.07, 6.45) is 0.182. The lowest BCUT2D eigenvalue weighted by Crippen LogP contribution is -2.37. The summed E-state index contributed by atoms with van der Waals surface area (Å²) in [6, 6.07) is 15.2. The van der Waals surface area contributed by atoms with Gasteiger partial charge in [0.1, 0.15) is 5.75 Å². The number of hydrogen-bond donors (Lipinski definition) is 0. The molecule has 2 heterocycles. The monoisotopic (exact) mass is 458 g/mol. The lowest BCUT2D eigenvalue weighted by molar-refractivity contribution is -0.117. The number of thioether (sulfide) groups is 1. The van der Waals surface area contributed by atoms with Gasteiger partial charge < -0.3 is 9.64 Å². The molecule has 2 aliphatic rings. The van der Waals surface area contributed by atoms with Crippen LogP contribution in [0.2, 0.25) is 0 Å². The van der Waals surface area contributed by atoms with Gasteiger partial charge in [0.25, 0.3) is 5.91 Å². The molecule has 2 fully saturated rings. The molecule has 2 aromatic carbocycles. The maximum Gasteiger partial charge on any atom is 0.252 e. The quantitative estimate of drug-likeness (QED) is 0.681. The standard InChI is InChI=1S/C23H26N2O4S2/c1-15(2)17-6-8-18(9-7-17)25-20-13-31(27,28)14-21(20)30-23(25)24-22(26)12-16-4-10-19(29-3)11-5-16/h4-11,15,20-21H,12-14H2,1-3H3. The number of ether oxygens (including phenoxy) is 1. The molecule has 0 N–H and O–H groups in total. The summed E-state index contributed by atoms with van der Waals surface area (Å²) in [5.41, 5.74) is 2.94. The van der Waals surface area contributed by atoms with E-state index in [0.29, 0.717) is 11.1 Å². The van der Waals surface area contributed by atoms with Gasteiger partial charge in [0, 0.05) is 10.9 Å². The molecule has 4 rings (SSSR count). The molecule has 164 valence electrons. The number of amides is 1. The Morgan fingerprint density at radius 1 is 1.13 bits per heavy atom. The molecule has 0 radical (unpaired) electrons. The Morgan fingerprint density at radius 2 is 1.81 bits per heavy atom. The first-order valence-corrected chi connectivity index (χ1v) is 13.0. The summed E-state index contributed by atoms with van der Waals surface area (Å²) in [5.74, 6) is 1.09. The minimum absolute atomic E-state index is 0.0856. The molecular weight excluding hydrogens is 432 g/mol. The van der Waals surface area contributed by atoms with Crippen LogP contribution in [-0.2, 0) is 21.1 Å². The first kappa shape index (κ1) is 21.9. The van der Waals surface area contributed by atoms with Crippen LogP contribution >= 0.6 is 11.8 Å². The van der Waals surface area contributed by atoms with Crippen molar-refractivity contribution >= 4 is 38.4 Å². The molecule has 2 aliphatic heterocycles. The van der Waals surface area contributed by atoms with Crippen molar-refractivity contribution in [2.45, 2.75) is 37.5 Å². The Hall–Kier alpha value is -2.32. The normalized spacial score (nSPS) is 23.4. The van der Waals surface area contributed by atoms with Crippen molar-refractivity contribution < 1.29 is 17.9 Å². The summed E-state index contributed by atoms with van der Waals surface area (Å²) < 4.78 is 29.6. The van der Waals surface area contributed by atoms with E-state index in [-0.39, 0.29) is 35.1 Å². The molecule has 31 heavy (non-hydrogen) atoms. The van der Waals surface area contributed by atoms with Crippen LogP contribution in [0, 0.1) is 0 Å². The van der Waals surface area contributed by atoms with Crippen molar-refractivity contribution in [2.75, 3.05) is 23.5 Å². The van der Waals surface area contributed by atoms with Gasteiger partial charge in [0.2, 0.25) is 0 Å². The first-order chi connectivity index (χ1) is 14.8. The fraction of sp³-hybridized carbons (Fsp3) is 0.391. The zero-order valence-electron chi connectivity index (χ0n) is 17.8. The summed E-state index contributed by atoms with van der Waals surface area (Å²) in [7, 11) is -1.49. The van der Waals surface area contributed by atoms with Crippen LogP contribution in [0.5, 0.6) is 5.75 Å². The smallest absolute Gasteiger partial charge is 0.252 e. The summed E-state index contributed by atoms with van der Waals surface area (Å²) in [6.45, 7) is 4.26. The SMILES string of the molecule is COc1ccc(CC(=O)N=C2SC3CS(=O)(=O)CC3N2c2ccc(C(C)C)cc2)cc1. The molecule has 0 aliphatic carbocycles. The fourth-order valence-corrected chi connectivity index (χ4v) is 7.88. The maximum absolute atomic E-state index is 12.7. The van der Waals surface area contributed by atoms with E-state index in [1.807, 2.05) is 41.3 Å². The molecule has 2 saturated heterocycles. The number of sulfone groups is 1. The second-order valence-corrected chi connectivity index (χ2v) is 11.6. The van der Waals surface area contributed by atoms with Crippen LogP contribution < -0.4 is 9.64 Å². The number of fused-ring (bicyclic) bond motifs is 1. The third kappa shape index (κ3) is 4.80. The van der Waals surface area contributed by atoms with E-state index in [1.165, 1.54) is 17.3 Å². The largest absolute Gasteiger partial charge is 0.497 e. The average Bonchev–Trinajstić information content (AvgIpc) is 3.19. The third-order valence-electron chi connectivity index (χ3n) is 5.64. The van der Waals surface area contributed by atoms with Crippen LogP contribution in [0.1, 0.15) is 30.9 Å². The average molecular weight is 459 g/mol. The minimum Gasteiger partial charge on any atom is -0.497 e. The molecule has 2 atom stereocenters. The predicted octanol–water partition coefficient (Wildman–Crippen LogP) is 3.66. The number of amidine groups is 1. The van der Waals surface area contributed by atoms with E-state index in [2.05, 4.69) is 31.0 Å². The topological polar surface area (TPSA) is 76.0 Å². The fourth-order valence-electron chi connectivity index (χ4n) is 3.95. The van der Waals surface area contributed by atoms with Crippen molar-refractivity contribution in [3.05, 3.63) is 59.7 Å². The Kier molecular flexibility index (Phi) is 6.12. The number of benzene rings is 2. The molecule has 2 aromatic rings. The number of carbonyl (C=O) groups is 1. The predicted molar refractivity (Wildman–Crippen MR) is 126 cm³/mol. The molecule has 0 spiro atoms. The molecule has 1 amide bonds. The van der Waals surface area contributed by atoms with E-state index in [9.17, 15) is 13.2 Å². The van der Waals surface area contributed by atoms with E-state index >= 15 is 0 Å². The van der Waals surface area contributed by atoms with Gasteiger partial charge in [-0.25, -0.2) is 8.42 Å². The lowest BCUT2D eigenvalue weighted by Gasteiger charge is -2.25. The highest BCUT2D eigenvalue weighted by Gasteiger charge is 2.49. The molecule has 6 nitrogen and oxygen atoms in total. The molecule has 8 heteroatoms. The van der Waals surface area contributed by atoms with Crippen molar-refractivity contribution in [1.82, 2.24) is 0 Å². The number of hydrogen-bond acceptors (Lipinski definition) is 5. The summed E-state index contributed by atoms with van der Waals surface area (Å²) in [5, 5.41) is 0.475. The van der Waals surface area contributed by atoms with Gasteiger partial charge in [-0.15, -0.1) is 0 Å². The van der Waals surface area contributed by atoms with Crippen molar-refractivity contribution in [3.63, 3.8) is 0 Å². The van der Waals surface area contributed by atoms with E-state index in [0.717, 1.165) is 17.0 Å². The van der Waals surface area contributed by atoms with Gasteiger partial charge in [-0.3, -0.25) is 4.79 Å². The minimum atomic E-state index is -3.09. The number of carbonyl (C=O) groups excluding carboxylic acids is 1. The van der Waals surface area contributed by atoms with E-state index in [1.54, 1.807) is 7.11 Å². The molecule has 0 bridgehead atoms. The lowest BCUT2D eigenvalue weighted by atomic mass is 10.0. The number of aliphatic imine (C=N–C) groups is 1. The van der Waals surface area contributed by atoms with Gasteiger partial charge in [-0.05, 0) is 41.3 Å². The van der Waals surface area contributed by atoms with Crippen molar-refractivity contribution in [1.29, 1.82) is 0 Å². The number of rotatable bonds is 5. The third-order valence-corrected chi connectivity index (χ3v) is 8.85. The van der Waals surface area contributed by atoms with Crippen molar-refractivity contribution in [2.24, 2.45) is 4.99 Å². The highest BCUT2D eigenvalue weighted by Crippen LogP contribution is 2.41. The molecule has 2 unspecified atom stereocenters. The summed E-state index contributed by atoms with van der Waals surface area (Å²) in [4.78, 5) is 19.1. The second-order valence-electron chi connectivity index (χ2n) is 8.23. The van der Waals surface area contributed by atoms with Crippen LogP contribution in [0.3, 0.4) is 0 Å². The van der Waals surface area contributed by atoms with Gasteiger partial charge >= 0.3 is 0 Å². The van der Waals surface area contributed by atoms with E-state index in [4.69, 9.17) is 4.74 Å². The zero-order valence-corrected chi connectivity index (χ0v) is 19.4. The Balaban J connectivity index is 1.60. The highest BCUT2D eigenvalue weighted by atomic mass is 32.2. The number of methoxy groups -OCH3 is 1. The maximum atomic E-state index is 12.7. The Labute approximate surface area is 187 Å². The van der Waals surface area contributed by atoms with Crippen LogP contribution in [0.15, 0.2) is 53.5 Å². The Bertz CT molecular complexity index is 1090. The van der Waals surface area contributed by atoms with Gasteiger partial charge in [-0.1, -0.05) is 49.9 Å². The van der Waals surface area contributed by atoms with Crippen molar-refractivity contribution in [3.8, 4) is 5.75 Å². The van der Waals surface area contributed by atoms with E-state index < -0.39 is 9.84 Å². The molecule has 0 aromatic heterocycles. The number of nitrogens with zero attached hydrogens (tertiary/aromatic N) is 2. The Morgan fingerprint density at radius 3 is 2.42 bits per heavy atom. The van der Waals surface area contributed by atoms with Gasteiger partial charge in [-0.2, -0.15) is 4.99 Å². The second kappa shape index (κ2) is 8.67. The molecule has 0 saturated carbocycles. The van der Waals surface area contributed by atoms with Gasteiger partial charge in [0.05, 0.1) is 31.1 Å². The first-order valence-electron chi connectivity index (χ1n) is 10.3. The number of anilines is 1. The zero-order chi connectivity index (χ0) is 22.2. The van der Waals surface area contributed by atoms with Crippen LogP contribution in [-0.4, -0.2) is 49.4 Å². The van der Waals surface area contributed by atoms with Gasteiger partial charge in [0.15, 0.2) is 15.0 Å². The highest BCUT2D eigenvalue weighted by molar-refractivity contribution is 8.16. The van der Waals surface area contributed by atoms with Crippen LogP contribution in [0.4, 0.5) is 5.69 Å². The molecular formula is C23H26N2O4S2.